The maximum absolute atomic E-state index is 12.4. The van der Waals surface area contributed by atoms with Crippen LogP contribution < -0.4 is 14.4 Å². The number of anilines is 2. The Bertz CT molecular complexity index is 892. The molecule has 26 heavy (non-hydrogen) atoms. The van der Waals surface area contributed by atoms with E-state index in [4.69, 9.17) is 4.74 Å². The van der Waals surface area contributed by atoms with E-state index in [9.17, 15) is 13.2 Å². The van der Waals surface area contributed by atoms with Crippen molar-refractivity contribution in [1.82, 2.24) is 0 Å². The van der Waals surface area contributed by atoms with Crippen molar-refractivity contribution < 1.29 is 17.9 Å². The number of aryl methyl sites for hydroxylation is 2. The van der Waals surface area contributed by atoms with Gasteiger partial charge in [0, 0.05) is 12.7 Å². The molecule has 140 valence electrons. The van der Waals surface area contributed by atoms with Crippen LogP contribution in [0.3, 0.4) is 0 Å². The van der Waals surface area contributed by atoms with E-state index >= 15 is 0 Å². The van der Waals surface area contributed by atoms with Gasteiger partial charge in [0.15, 0.2) is 6.10 Å². The summed E-state index contributed by atoms with van der Waals surface area (Å²) >= 11 is 0. The zero-order valence-electron chi connectivity index (χ0n) is 15.6. The molecule has 0 bridgehead atoms. The van der Waals surface area contributed by atoms with E-state index in [0.29, 0.717) is 11.4 Å². The lowest BCUT2D eigenvalue weighted by Crippen LogP contribution is -2.30. The summed E-state index contributed by atoms with van der Waals surface area (Å²) in [6.07, 6.45) is 0.435. The molecule has 0 aromatic heterocycles. The molecule has 0 fully saturated rings. The molecule has 6 nitrogen and oxygen atoms in total. The third kappa shape index (κ3) is 4.98. The van der Waals surface area contributed by atoms with Crippen LogP contribution in [0.25, 0.3) is 0 Å². The van der Waals surface area contributed by atoms with Gasteiger partial charge in [0.25, 0.3) is 5.91 Å². The first-order valence-corrected chi connectivity index (χ1v) is 10.0. The predicted molar refractivity (Wildman–Crippen MR) is 104 cm³/mol. The number of carbonyl (C=O) groups is 1. The lowest BCUT2D eigenvalue weighted by molar-refractivity contribution is -0.122. The summed E-state index contributed by atoms with van der Waals surface area (Å²) in [6, 6.07) is 12.4. The number of nitrogens with zero attached hydrogens (tertiary/aromatic N) is 1. The van der Waals surface area contributed by atoms with Crippen LogP contribution in [-0.2, 0) is 14.8 Å². The van der Waals surface area contributed by atoms with Crippen molar-refractivity contribution in [2.45, 2.75) is 26.9 Å². The van der Waals surface area contributed by atoms with Crippen LogP contribution >= 0.6 is 0 Å². The number of sulfonamides is 1. The topological polar surface area (TPSA) is 75.7 Å². The lowest BCUT2D eigenvalue weighted by Gasteiger charge is -2.18. The Morgan fingerprint density at radius 2 is 1.73 bits per heavy atom. The van der Waals surface area contributed by atoms with Crippen LogP contribution in [-0.4, -0.2) is 33.7 Å². The van der Waals surface area contributed by atoms with Gasteiger partial charge in [-0.3, -0.25) is 9.10 Å². The summed E-state index contributed by atoms with van der Waals surface area (Å²) < 4.78 is 29.9. The first-order valence-electron chi connectivity index (χ1n) is 8.16. The summed E-state index contributed by atoms with van der Waals surface area (Å²) in [6.45, 7) is 5.55. The number of nitrogens with one attached hydrogen (secondary N) is 1. The molecule has 0 aliphatic heterocycles. The lowest BCUT2D eigenvalue weighted by atomic mass is 10.1. The number of benzene rings is 2. The Balaban J connectivity index is 2.04. The van der Waals surface area contributed by atoms with Gasteiger partial charge in [-0.2, -0.15) is 0 Å². The molecule has 0 aliphatic rings. The Hall–Kier alpha value is -2.54. The van der Waals surface area contributed by atoms with Gasteiger partial charge in [-0.25, -0.2) is 8.42 Å². The summed E-state index contributed by atoms with van der Waals surface area (Å²) in [5, 5.41) is 2.87. The molecule has 0 saturated carbocycles. The average Bonchev–Trinajstić information content (AvgIpc) is 2.57. The molecule has 0 saturated heterocycles. The predicted octanol–water partition coefficient (Wildman–Crippen LogP) is 3.11. The van der Waals surface area contributed by atoms with Gasteiger partial charge in [0.05, 0.1) is 11.9 Å². The molecular formula is C19H24N2O4S. The van der Waals surface area contributed by atoms with Crippen molar-refractivity contribution in [3.05, 3.63) is 53.6 Å². The second kappa shape index (κ2) is 7.78. The second-order valence-electron chi connectivity index (χ2n) is 6.29. The van der Waals surface area contributed by atoms with Gasteiger partial charge in [-0.05, 0) is 62.2 Å². The number of rotatable bonds is 6. The Kier molecular flexibility index (Phi) is 5.92. The minimum atomic E-state index is -3.32. The maximum Gasteiger partial charge on any atom is 0.265 e. The summed E-state index contributed by atoms with van der Waals surface area (Å²) in [5.74, 6) is 0.232. The van der Waals surface area contributed by atoms with Crippen molar-refractivity contribution >= 4 is 27.3 Å². The molecule has 1 atom stereocenters. The van der Waals surface area contributed by atoms with E-state index in [1.165, 1.54) is 11.4 Å². The van der Waals surface area contributed by atoms with Gasteiger partial charge in [0.1, 0.15) is 5.75 Å². The Labute approximate surface area is 154 Å². The fraction of sp³-hybridized carbons (Fsp3) is 0.316. The summed E-state index contributed by atoms with van der Waals surface area (Å²) in [4.78, 5) is 12.4. The van der Waals surface area contributed by atoms with Gasteiger partial charge in [0.2, 0.25) is 10.0 Å². The monoisotopic (exact) mass is 376 g/mol. The van der Waals surface area contributed by atoms with Crippen molar-refractivity contribution in [2.75, 3.05) is 22.9 Å². The largest absolute Gasteiger partial charge is 0.481 e. The van der Waals surface area contributed by atoms with Crippen LogP contribution in [0.2, 0.25) is 0 Å². The van der Waals surface area contributed by atoms with E-state index in [0.717, 1.165) is 23.1 Å². The zero-order chi connectivity index (χ0) is 19.5. The highest BCUT2D eigenvalue weighted by atomic mass is 32.2. The van der Waals surface area contributed by atoms with E-state index in [1.807, 2.05) is 32.0 Å². The Morgan fingerprint density at radius 3 is 2.31 bits per heavy atom. The van der Waals surface area contributed by atoms with Crippen LogP contribution in [0, 0.1) is 13.8 Å². The van der Waals surface area contributed by atoms with E-state index in [-0.39, 0.29) is 5.91 Å². The highest BCUT2D eigenvalue weighted by Gasteiger charge is 2.17. The van der Waals surface area contributed by atoms with E-state index in [2.05, 4.69) is 5.32 Å². The molecule has 2 aromatic carbocycles. The minimum Gasteiger partial charge on any atom is -0.481 e. The molecule has 0 radical (unpaired) electrons. The molecule has 2 rings (SSSR count). The zero-order valence-corrected chi connectivity index (χ0v) is 16.4. The molecule has 1 amide bonds. The number of amides is 1. The van der Waals surface area contributed by atoms with Crippen molar-refractivity contribution in [3.8, 4) is 5.75 Å². The molecule has 0 unspecified atom stereocenters. The molecule has 1 N–H and O–H groups in total. The summed E-state index contributed by atoms with van der Waals surface area (Å²) in [5.41, 5.74) is 3.32. The highest BCUT2D eigenvalue weighted by Crippen LogP contribution is 2.22. The molecule has 7 heteroatoms. The minimum absolute atomic E-state index is 0.254. The highest BCUT2D eigenvalue weighted by molar-refractivity contribution is 7.92. The number of hydrogen-bond acceptors (Lipinski definition) is 4. The maximum atomic E-state index is 12.4. The summed E-state index contributed by atoms with van der Waals surface area (Å²) in [7, 11) is -1.84. The molecule has 2 aromatic rings. The number of hydrogen-bond donors (Lipinski definition) is 1. The van der Waals surface area contributed by atoms with Gasteiger partial charge < -0.3 is 10.1 Å². The van der Waals surface area contributed by atoms with Crippen molar-refractivity contribution in [1.29, 1.82) is 0 Å². The van der Waals surface area contributed by atoms with Crippen LogP contribution in [0.15, 0.2) is 42.5 Å². The van der Waals surface area contributed by atoms with E-state index < -0.39 is 16.1 Å². The quantitative estimate of drug-likeness (QED) is 0.840. The SMILES string of the molecule is Cc1ccc(C)c(NC(=O)[C@@H](C)Oc2ccc(N(C)S(C)(=O)=O)cc2)c1. The van der Waals surface area contributed by atoms with Crippen LogP contribution in [0.4, 0.5) is 11.4 Å². The molecule has 0 heterocycles. The normalized spacial score (nSPS) is 12.3. The van der Waals surface area contributed by atoms with Gasteiger partial charge in [-0.1, -0.05) is 12.1 Å². The van der Waals surface area contributed by atoms with Crippen LogP contribution in [0.5, 0.6) is 5.75 Å². The number of ether oxygens (including phenoxy) is 1. The third-order valence-corrected chi connectivity index (χ3v) is 5.24. The van der Waals surface area contributed by atoms with Crippen LogP contribution in [0.1, 0.15) is 18.1 Å². The average molecular weight is 376 g/mol. The standard InChI is InChI=1S/C19H24N2O4S/c1-13-6-7-14(2)18(12-13)20-19(22)15(3)25-17-10-8-16(9-11-17)21(4)26(5,23)24/h6-12,15H,1-5H3,(H,20,22)/t15-/m1/s1. The fourth-order valence-electron chi connectivity index (χ4n) is 2.29. The van der Waals surface area contributed by atoms with Crippen molar-refractivity contribution in [3.63, 3.8) is 0 Å². The molecule has 0 spiro atoms. The third-order valence-electron chi connectivity index (χ3n) is 4.03. The first kappa shape index (κ1) is 19.8. The number of carbonyl (C=O) groups excluding carboxylic acids is 1. The fourth-order valence-corrected chi connectivity index (χ4v) is 2.79. The van der Waals surface area contributed by atoms with Gasteiger partial charge >= 0.3 is 0 Å². The molecule has 0 aliphatic carbocycles. The Morgan fingerprint density at radius 1 is 1.12 bits per heavy atom. The van der Waals surface area contributed by atoms with E-state index in [1.54, 1.807) is 31.2 Å². The van der Waals surface area contributed by atoms with Gasteiger partial charge in [-0.15, -0.1) is 0 Å². The first-order chi connectivity index (χ1) is 12.1. The van der Waals surface area contributed by atoms with Crippen molar-refractivity contribution in [2.24, 2.45) is 0 Å². The smallest absolute Gasteiger partial charge is 0.265 e. The molecular weight excluding hydrogens is 352 g/mol. The second-order valence-corrected chi connectivity index (χ2v) is 8.31.